The number of amides is 1. The second kappa shape index (κ2) is 7.86. The SMILES string of the molecule is NCC(=O)O.NCC(N)=O. The lowest BCUT2D eigenvalue weighted by molar-refractivity contribution is -0.135. The molecular weight excluding hydrogens is 138 g/mol. The van der Waals surface area contributed by atoms with Crippen molar-refractivity contribution < 1.29 is 14.7 Å². The van der Waals surface area contributed by atoms with Gasteiger partial charge in [-0.2, -0.15) is 0 Å². The Balaban J connectivity index is 0. The zero-order valence-corrected chi connectivity index (χ0v) is 5.41. The molecule has 0 bridgehead atoms. The van der Waals surface area contributed by atoms with Crippen LogP contribution in [0.2, 0.25) is 0 Å². The first-order valence-electron chi connectivity index (χ1n) is 2.44. The molecule has 0 saturated carbocycles. The Bertz CT molecular complexity index is 100. The van der Waals surface area contributed by atoms with Crippen LogP contribution in [0.25, 0.3) is 0 Å². The van der Waals surface area contributed by atoms with Crippen LogP contribution in [0.15, 0.2) is 0 Å². The lowest BCUT2D eigenvalue weighted by Gasteiger charge is -1.74. The fraction of sp³-hybridized carbons (Fsp3) is 0.500. The smallest absolute Gasteiger partial charge is 0.317 e. The summed E-state index contributed by atoms with van der Waals surface area (Å²) in [4.78, 5) is 18.7. The number of hydrogen-bond donors (Lipinski definition) is 4. The van der Waals surface area contributed by atoms with E-state index in [1.807, 2.05) is 0 Å². The zero-order valence-electron chi connectivity index (χ0n) is 5.41. The number of nitrogens with two attached hydrogens (primary N) is 3. The molecule has 0 aromatic heterocycles. The molecule has 6 heteroatoms. The summed E-state index contributed by atoms with van der Waals surface area (Å²) in [6.07, 6.45) is 0. The van der Waals surface area contributed by atoms with Gasteiger partial charge in [-0.1, -0.05) is 0 Å². The molecule has 6 nitrogen and oxygen atoms in total. The number of carbonyl (C=O) groups is 2. The number of carboxylic acid groups (broad SMARTS) is 1. The van der Waals surface area contributed by atoms with E-state index in [0.717, 1.165) is 0 Å². The van der Waals surface area contributed by atoms with E-state index >= 15 is 0 Å². The molecule has 0 aromatic rings. The summed E-state index contributed by atoms with van der Waals surface area (Å²) in [5, 5.41) is 7.60. The Morgan fingerprint density at radius 1 is 1.20 bits per heavy atom. The third kappa shape index (κ3) is 28.8. The highest BCUT2D eigenvalue weighted by molar-refractivity contribution is 5.75. The normalized spacial score (nSPS) is 7.40. The van der Waals surface area contributed by atoms with Crippen LogP contribution < -0.4 is 17.2 Å². The highest BCUT2D eigenvalue weighted by atomic mass is 16.4. The van der Waals surface area contributed by atoms with Crippen LogP contribution in [-0.2, 0) is 9.59 Å². The van der Waals surface area contributed by atoms with Crippen molar-refractivity contribution in [2.24, 2.45) is 17.2 Å². The minimum atomic E-state index is -0.968. The second-order valence-electron chi connectivity index (χ2n) is 1.27. The lowest BCUT2D eigenvalue weighted by atomic mass is 10.7. The van der Waals surface area contributed by atoms with Gasteiger partial charge in [0.15, 0.2) is 0 Å². The molecule has 1 amide bonds. The Labute approximate surface area is 58.0 Å². The lowest BCUT2D eigenvalue weighted by Crippen LogP contribution is -2.21. The van der Waals surface area contributed by atoms with E-state index in [1.54, 1.807) is 0 Å². The van der Waals surface area contributed by atoms with Gasteiger partial charge in [-0.3, -0.25) is 9.59 Å². The first-order valence-corrected chi connectivity index (χ1v) is 2.44. The Hall–Kier alpha value is -1.14. The van der Waals surface area contributed by atoms with Gasteiger partial charge in [0.25, 0.3) is 0 Å². The summed E-state index contributed by atoms with van der Waals surface area (Å²) in [5.41, 5.74) is 13.8. The van der Waals surface area contributed by atoms with Gasteiger partial charge in [-0.25, -0.2) is 0 Å². The van der Waals surface area contributed by atoms with Crippen LogP contribution in [-0.4, -0.2) is 30.1 Å². The van der Waals surface area contributed by atoms with E-state index in [0.29, 0.717) is 0 Å². The van der Waals surface area contributed by atoms with Crippen molar-refractivity contribution in [3.8, 4) is 0 Å². The molecule has 0 unspecified atom stereocenters. The van der Waals surface area contributed by atoms with E-state index in [-0.39, 0.29) is 13.1 Å². The van der Waals surface area contributed by atoms with E-state index in [9.17, 15) is 9.59 Å². The number of aliphatic carboxylic acids is 1. The number of carbonyl (C=O) groups excluding carboxylic acids is 1. The van der Waals surface area contributed by atoms with Crippen LogP contribution >= 0.6 is 0 Å². The molecule has 0 spiro atoms. The Morgan fingerprint density at radius 2 is 1.40 bits per heavy atom. The highest BCUT2D eigenvalue weighted by Crippen LogP contribution is 1.43. The van der Waals surface area contributed by atoms with Gasteiger partial charge >= 0.3 is 5.97 Å². The van der Waals surface area contributed by atoms with Crippen molar-refractivity contribution in [3.05, 3.63) is 0 Å². The maximum absolute atomic E-state index is 9.47. The van der Waals surface area contributed by atoms with Gasteiger partial charge in [0.1, 0.15) is 0 Å². The van der Waals surface area contributed by atoms with Crippen molar-refractivity contribution in [1.82, 2.24) is 0 Å². The molecule has 0 aliphatic heterocycles. The Morgan fingerprint density at radius 3 is 1.40 bits per heavy atom. The molecule has 0 rings (SSSR count). The largest absolute Gasteiger partial charge is 0.480 e. The Kier molecular flexibility index (Phi) is 9.14. The monoisotopic (exact) mass is 149 g/mol. The molecule has 0 radical (unpaired) electrons. The molecule has 10 heavy (non-hydrogen) atoms. The van der Waals surface area contributed by atoms with E-state index in [4.69, 9.17) is 10.8 Å². The molecule has 0 saturated heterocycles. The van der Waals surface area contributed by atoms with Crippen molar-refractivity contribution in [1.29, 1.82) is 0 Å². The summed E-state index contributed by atoms with van der Waals surface area (Å²) in [6.45, 7) is -0.333. The predicted molar refractivity (Wildman–Crippen MR) is 34.9 cm³/mol. The quantitative estimate of drug-likeness (QED) is 0.343. The van der Waals surface area contributed by atoms with Gasteiger partial charge in [0.2, 0.25) is 5.91 Å². The first kappa shape index (κ1) is 11.6. The molecule has 0 heterocycles. The second-order valence-corrected chi connectivity index (χ2v) is 1.27. The number of rotatable bonds is 2. The van der Waals surface area contributed by atoms with Gasteiger partial charge in [-0.15, -0.1) is 0 Å². The van der Waals surface area contributed by atoms with Crippen molar-refractivity contribution >= 4 is 11.9 Å². The van der Waals surface area contributed by atoms with Crippen LogP contribution in [0.1, 0.15) is 0 Å². The van der Waals surface area contributed by atoms with Gasteiger partial charge in [0.05, 0.1) is 13.1 Å². The summed E-state index contributed by atoms with van der Waals surface area (Å²) in [7, 11) is 0. The molecule has 0 atom stereocenters. The molecule has 0 aliphatic rings. The van der Waals surface area contributed by atoms with Crippen molar-refractivity contribution in [3.63, 3.8) is 0 Å². The topological polar surface area (TPSA) is 132 Å². The fourth-order valence-electron chi connectivity index (χ4n) is 0. The van der Waals surface area contributed by atoms with Crippen LogP contribution in [0.4, 0.5) is 0 Å². The predicted octanol–water partition coefficient (Wildman–Crippen LogP) is -2.54. The fourth-order valence-corrected chi connectivity index (χ4v) is 0. The number of hydrogen-bond acceptors (Lipinski definition) is 4. The van der Waals surface area contributed by atoms with E-state index < -0.39 is 11.9 Å². The average Bonchev–Trinajstić information content (AvgIpc) is 1.89. The summed E-state index contributed by atoms with van der Waals surface area (Å²) in [5.74, 6) is -1.44. The van der Waals surface area contributed by atoms with Gasteiger partial charge < -0.3 is 22.3 Å². The minimum Gasteiger partial charge on any atom is -0.480 e. The maximum Gasteiger partial charge on any atom is 0.317 e. The zero-order chi connectivity index (χ0) is 8.57. The molecule has 60 valence electrons. The van der Waals surface area contributed by atoms with E-state index in [2.05, 4.69) is 11.5 Å². The standard InChI is InChI=1S/C2H6N2O.C2H5NO2/c2*3-1-2(4)5/h1,3H2,(H2,4,5);1,3H2,(H,4,5). The summed E-state index contributed by atoms with van der Waals surface area (Å²) < 4.78 is 0. The molecule has 0 aliphatic carbocycles. The molecule has 0 aromatic carbocycles. The van der Waals surface area contributed by atoms with Crippen molar-refractivity contribution in [2.45, 2.75) is 0 Å². The third-order valence-electron chi connectivity index (χ3n) is 0.376. The van der Waals surface area contributed by atoms with Crippen molar-refractivity contribution in [2.75, 3.05) is 13.1 Å². The maximum atomic E-state index is 9.47. The number of primary amides is 1. The van der Waals surface area contributed by atoms with Crippen LogP contribution in [0, 0.1) is 0 Å². The number of carboxylic acids is 1. The molecule has 0 fully saturated rings. The van der Waals surface area contributed by atoms with Gasteiger partial charge in [-0.05, 0) is 0 Å². The summed E-state index contributed by atoms with van der Waals surface area (Å²) in [6, 6.07) is 0. The van der Waals surface area contributed by atoms with E-state index in [1.165, 1.54) is 0 Å². The molecular formula is C4H11N3O3. The molecule has 7 N–H and O–H groups in total. The third-order valence-corrected chi connectivity index (χ3v) is 0.376. The van der Waals surface area contributed by atoms with Crippen LogP contribution in [0.5, 0.6) is 0 Å². The minimum absolute atomic E-state index is 0.0556. The van der Waals surface area contributed by atoms with Gasteiger partial charge in [0, 0.05) is 0 Å². The van der Waals surface area contributed by atoms with Crippen LogP contribution in [0.3, 0.4) is 0 Å². The average molecular weight is 149 g/mol. The summed E-state index contributed by atoms with van der Waals surface area (Å²) >= 11 is 0. The first-order chi connectivity index (χ1) is 4.54. The highest BCUT2D eigenvalue weighted by Gasteiger charge is 1.81.